The fourth-order valence-corrected chi connectivity index (χ4v) is 1.42. The zero-order valence-corrected chi connectivity index (χ0v) is 9.66. The highest BCUT2D eigenvalue weighted by Crippen LogP contribution is 2.07. The van der Waals surface area contributed by atoms with Gasteiger partial charge in [-0.15, -0.1) is 0 Å². The molecule has 0 spiro atoms. The maximum atomic E-state index is 11.7. The maximum Gasteiger partial charge on any atom is 0.252 e. The molecule has 1 N–H and O–H groups in total. The Bertz CT molecular complexity index is 414. The number of aromatic nitrogens is 1. The van der Waals surface area contributed by atoms with Gasteiger partial charge in [0.2, 0.25) is 0 Å². The molecule has 0 aromatic carbocycles. The van der Waals surface area contributed by atoms with Crippen molar-refractivity contribution in [2.75, 3.05) is 0 Å². The highest BCUT2D eigenvalue weighted by atomic mass is 35.5. The van der Waals surface area contributed by atoms with Gasteiger partial charge in [-0.25, -0.2) is 4.98 Å². The minimum atomic E-state index is -0.454. The van der Waals surface area contributed by atoms with Gasteiger partial charge in [-0.3, -0.25) is 4.79 Å². The van der Waals surface area contributed by atoms with Crippen molar-refractivity contribution in [1.82, 2.24) is 10.3 Å². The first-order valence-electron chi connectivity index (χ1n) is 4.99. The summed E-state index contributed by atoms with van der Waals surface area (Å²) in [6.45, 7) is 1.96. The van der Waals surface area contributed by atoms with Gasteiger partial charge in [0.15, 0.2) is 0 Å². The molecule has 0 radical (unpaired) electrons. The van der Waals surface area contributed by atoms with E-state index in [-0.39, 0.29) is 11.1 Å². The average molecular weight is 238 g/mol. The van der Waals surface area contributed by atoms with Crippen molar-refractivity contribution in [3.05, 3.63) is 29.0 Å². The number of amides is 1. The molecular weight excluding hydrogens is 226 g/mol. The molecule has 16 heavy (non-hydrogen) atoms. The van der Waals surface area contributed by atoms with E-state index in [9.17, 15) is 4.79 Å². The van der Waals surface area contributed by atoms with Crippen LogP contribution in [0.4, 0.5) is 0 Å². The Morgan fingerprint density at radius 1 is 1.75 bits per heavy atom. The molecule has 0 aliphatic carbocycles. The molecular formula is C11H12ClN3O. The number of nitriles is 1. The molecule has 4 nitrogen and oxygen atoms in total. The number of hydrogen-bond donors (Lipinski definition) is 1. The fourth-order valence-electron chi connectivity index (χ4n) is 1.24. The van der Waals surface area contributed by atoms with Crippen molar-refractivity contribution in [3.8, 4) is 6.07 Å². The highest BCUT2D eigenvalue weighted by Gasteiger charge is 2.12. The number of nitrogens with zero attached hydrogens (tertiary/aromatic N) is 2. The van der Waals surface area contributed by atoms with Crippen molar-refractivity contribution in [2.24, 2.45) is 0 Å². The highest BCUT2D eigenvalue weighted by molar-refractivity contribution is 6.29. The molecule has 0 aliphatic rings. The monoisotopic (exact) mass is 237 g/mol. The second-order valence-corrected chi connectivity index (χ2v) is 3.70. The SMILES string of the molecule is CCCC(C#N)NC(=O)c1ccnc(Cl)c1. The lowest BCUT2D eigenvalue weighted by atomic mass is 10.1. The quantitative estimate of drug-likeness (QED) is 0.816. The van der Waals surface area contributed by atoms with Crippen LogP contribution in [0.3, 0.4) is 0 Å². The third kappa shape index (κ3) is 3.52. The van der Waals surface area contributed by atoms with Crippen LogP contribution in [0, 0.1) is 11.3 Å². The summed E-state index contributed by atoms with van der Waals surface area (Å²) >= 11 is 5.66. The molecule has 0 bridgehead atoms. The van der Waals surface area contributed by atoms with Gasteiger partial charge in [0, 0.05) is 11.8 Å². The summed E-state index contributed by atoms with van der Waals surface area (Å²) in [7, 11) is 0. The Balaban J connectivity index is 2.69. The average Bonchev–Trinajstić information content (AvgIpc) is 2.28. The van der Waals surface area contributed by atoms with Gasteiger partial charge in [0.25, 0.3) is 5.91 Å². The molecule has 1 atom stereocenters. The predicted molar refractivity (Wildman–Crippen MR) is 61.0 cm³/mol. The topological polar surface area (TPSA) is 65.8 Å². The molecule has 1 aromatic rings. The third-order valence-electron chi connectivity index (χ3n) is 2.03. The summed E-state index contributed by atoms with van der Waals surface area (Å²) in [5, 5.41) is 11.7. The molecule has 0 fully saturated rings. The number of carbonyl (C=O) groups excluding carboxylic acids is 1. The van der Waals surface area contributed by atoms with Gasteiger partial charge >= 0.3 is 0 Å². The molecule has 1 rings (SSSR count). The molecule has 0 saturated heterocycles. The first-order chi connectivity index (χ1) is 7.67. The molecule has 0 saturated carbocycles. The van der Waals surface area contributed by atoms with Crippen LogP contribution in [-0.4, -0.2) is 16.9 Å². The van der Waals surface area contributed by atoms with E-state index in [1.807, 2.05) is 13.0 Å². The number of nitrogens with one attached hydrogen (secondary N) is 1. The van der Waals surface area contributed by atoms with Crippen LogP contribution in [0.25, 0.3) is 0 Å². The Kier molecular flexibility index (Phi) is 4.74. The van der Waals surface area contributed by atoms with Gasteiger partial charge in [0.05, 0.1) is 6.07 Å². The number of hydrogen-bond acceptors (Lipinski definition) is 3. The first kappa shape index (κ1) is 12.5. The van der Waals surface area contributed by atoms with Gasteiger partial charge in [-0.1, -0.05) is 24.9 Å². The van der Waals surface area contributed by atoms with E-state index in [1.165, 1.54) is 12.3 Å². The van der Waals surface area contributed by atoms with Crippen molar-refractivity contribution >= 4 is 17.5 Å². The van der Waals surface area contributed by atoms with Crippen molar-refractivity contribution in [2.45, 2.75) is 25.8 Å². The van der Waals surface area contributed by atoms with E-state index in [2.05, 4.69) is 10.3 Å². The largest absolute Gasteiger partial charge is 0.336 e. The van der Waals surface area contributed by atoms with Crippen LogP contribution in [0.2, 0.25) is 5.15 Å². The zero-order valence-electron chi connectivity index (χ0n) is 8.90. The molecule has 5 heteroatoms. The molecule has 84 valence electrons. The number of pyridine rings is 1. The summed E-state index contributed by atoms with van der Waals surface area (Å²) in [4.78, 5) is 15.5. The number of carbonyl (C=O) groups is 1. The van der Waals surface area contributed by atoms with Crippen LogP contribution in [0.1, 0.15) is 30.1 Å². The maximum absolute atomic E-state index is 11.7. The summed E-state index contributed by atoms with van der Waals surface area (Å²) in [5.41, 5.74) is 0.413. The zero-order chi connectivity index (χ0) is 12.0. The summed E-state index contributed by atoms with van der Waals surface area (Å²) in [6, 6.07) is 4.61. The van der Waals surface area contributed by atoms with E-state index in [0.717, 1.165) is 6.42 Å². The molecule has 1 unspecified atom stereocenters. The first-order valence-corrected chi connectivity index (χ1v) is 5.37. The molecule has 1 aromatic heterocycles. The second kappa shape index (κ2) is 6.09. The van der Waals surface area contributed by atoms with Crippen LogP contribution in [0.5, 0.6) is 0 Å². The fraction of sp³-hybridized carbons (Fsp3) is 0.364. The van der Waals surface area contributed by atoms with Crippen LogP contribution in [0.15, 0.2) is 18.3 Å². The molecule has 0 aliphatic heterocycles. The second-order valence-electron chi connectivity index (χ2n) is 3.31. The Hall–Kier alpha value is -1.60. The predicted octanol–water partition coefficient (Wildman–Crippen LogP) is 2.16. The van der Waals surface area contributed by atoms with Gasteiger partial charge in [-0.2, -0.15) is 5.26 Å². The minimum Gasteiger partial charge on any atom is -0.336 e. The summed E-state index contributed by atoms with van der Waals surface area (Å²) < 4.78 is 0. The van der Waals surface area contributed by atoms with Crippen molar-refractivity contribution in [3.63, 3.8) is 0 Å². The molecule has 1 amide bonds. The molecule has 1 heterocycles. The van der Waals surface area contributed by atoms with Crippen LogP contribution in [-0.2, 0) is 0 Å². The Labute approximate surface area is 99.2 Å². The van der Waals surface area contributed by atoms with Crippen LogP contribution < -0.4 is 5.32 Å². The van der Waals surface area contributed by atoms with E-state index in [4.69, 9.17) is 16.9 Å². The number of halogens is 1. The van der Waals surface area contributed by atoms with Gasteiger partial charge in [0.1, 0.15) is 11.2 Å². The Morgan fingerprint density at radius 3 is 3.06 bits per heavy atom. The van der Waals surface area contributed by atoms with Gasteiger partial charge in [-0.05, 0) is 18.6 Å². The summed E-state index contributed by atoms with van der Waals surface area (Å²) in [6.07, 6.45) is 2.94. The summed E-state index contributed by atoms with van der Waals surface area (Å²) in [5.74, 6) is -0.302. The van der Waals surface area contributed by atoms with Crippen molar-refractivity contribution in [1.29, 1.82) is 5.26 Å². The smallest absolute Gasteiger partial charge is 0.252 e. The van der Waals surface area contributed by atoms with Gasteiger partial charge < -0.3 is 5.32 Å². The van der Waals surface area contributed by atoms with Crippen LogP contribution >= 0.6 is 11.6 Å². The number of rotatable bonds is 4. The van der Waals surface area contributed by atoms with E-state index in [0.29, 0.717) is 12.0 Å². The standard InChI is InChI=1S/C11H12ClN3O/c1-2-3-9(7-13)15-11(16)8-4-5-14-10(12)6-8/h4-6,9H,2-3H2,1H3,(H,15,16). The lowest BCUT2D eigenvalue weighted by Crippen LogP contribution is -2.33. The third-order valence-corrected chi connectivity index (χ3v) is 2.23. The lowest BCUT2D eigenvalue weighted by Gasteiger charge is -2.10. The minimum absolute atomic E-state index is 0.261. The Morgan fingerprint density at radius 2 is 2.50 bits per heavy atom. The van der Waals surface area contributed by atoms with E-state index in [1.54, 1.807) is 6.07 Å². The van der Waals surface area contributed by atoms with Crippen molar-refractivity contribution < 1.29 is 4.79 Å². The normalized spacial score (nSPS) is 11.6. The van der Waals surface area contributed by atoms with E-state index < -0.39 is 6.04 Å². The van der Waals surface area contributed by atoms with E-state index >= 15 is 0 Å². The lowest BCUT2D eigenvalue weighted by molar-refractivity contribution is 0.0944.